The molecule has 1 amide bonds. The highest BCUT2D eigenvalue weighted by molar-refractivity contribution is 9.12. The van der Waals surface area contributed by atoms with E-state index in [0.29, 0.717) is 5.56 Å². The average Bonchev–Trinajstić information content (AvgIpc) is 2.49. The number of carbonyl (C=O) groups excluding carboxylic acids is 1. The van der Waals surface area contributed by atoms with Crippen LogP contribution in [0.1, 0.15) is 15.9 Å². The Kier molecular flexibility index (Phi) is 5.20. The zero-order chi connectivity index (χ0) is 14.2. The van der Waals surface area contributed by atoms with Gasteiger partial charge in [0.15, 0.2) is 0 Å². The summed E-state index contributed by atoms with van der Waals surface area (Å²) in [7, 11) is 0. The molecule has 1 N–H and O–H groups in total. The van der Waals surface area contributed by atoms with Crippen LogP contribution in [0.5, 0.6) is 0 Å². The highest BCUT2D eigenvalue weighted by atomic mass is 79.9. The molecule has 0 saturated heterocycles. The van der Waals surface area contributed by atoms with E-state index in [0.717, 1.165) is 10.0 Å². The number of benzene rings is 1. The molecular weight excluding hydrogens is 318 g/mol. The zero-order valence-electron chi connectivity index (χ0n) is 10.5. The number of nitrogens with zero attached hydrogens (tertiary/aromatic N) is 2. The summed E-state index contributed by atoms with van der Waals surface area (Å²) in [6, 6.07) is 13.2. The fourth-order valence-electron chi connectivity index (χ4n) is 1.46. The highest BCUT2D eigenvalue weighted by Gasteiger charge is 2.02. The fourth-order valence-corrected chi connectivity index (χ4v) is 1.83. The summed E-state index contributed by atoms with van der Waals surface area (Å²) in [5.41, 5.74) is 3.95. The third-order valence-corrected chi connectivity index (χ3v) is 2.82. The number of hydrazone groups is 1. The maximum atomic E-state index is 11.7. The van der Waals surface area contributed by atoms with E-state index in [1.807, 2.05) is 36.4 Å². The minimum Gasteiger partial charge on any atom is -0.267 e. The molecule has 2 aromatic rings. The van der Waals surface area contributed by atoms with Gasteiger partial charge in [0.05, 0.1) is 11.8 Å². The van der Waals surface area contributed by atoms with Gasteiger partial charge in [0.2, 0.25) is 0 Å². The van der Waals surface area contributed by atoms with Gasteiger partial charge in [0, 0.05) is 16.9 Å². The highest BCUT2D eigenvalue weighted by Crippen LogP contribution is 2.09. The third kappa shape index (κ3) is 4.44. The maximum Gasteiger partial charge on any atom is 0.272 e. The molecule has 0 aliphatic rings. The molecule has 1 aromatic carbocycles. The summed E-state index contributed by atoms with van der Waals surface area (Å²) >= 11 is 3.37. The average molecular weight is 330 g/mol. The Balaban J connectivity index is 1.94. The van der Waals surface area contributed by atoms with Crippen LogP contribution in [0.4, 0.5) is 0 Å². The zero-order valence-corrected chi connectivity index (χ0v) is 12.1. The van der Waals surface area contributed by atoms with E-state index in [9.17, 15) is 4.79 Å². The summed E-state index contributed by atoms with van der Waals surface area (Å²) in [4.78, 5) is 15.6. The van der Waals surface area contributed by atoms with Crippen LogP contribution < -0.4 is 5.43 Å². The van der Waals surface area contributed by atoms with Crippen molar-refractivity contribution < 1.29 is 4.79 Å². The van der Waals surface area contributed by atoms with Gasteiger partial charge in [0.1, 0.15) is 0 Å². The van der Waals surface area contributed by atoms with Crippen molar-refractivity contribution in [2.24, 2.45) is 5.10 Å². The van der Waals surface area contributed by atoms with Crippen LogP contribution in [-0.4, -0.2) is 17.1 Å². The summed E-state index contributed by atoms with van der Waals surface area (Å²) in [5.74, 6) is -0.297. The van der Waals surface area contributed by atoms with Crippen LogP contribution in [0.2, 0.25) is 0 Å². The van der Waals surface area contributed by atoms with Gasteiger partial charge in [-0.05, 0) is 39.7 Å². The number of halogens is 1. The Bertz CT molecular complexity index is 624. The van der Waals surface area contributed by atoms with Gasteiger partial charge < -0.3 is 0 Å². The number of pyridine rings is 1. The summed E-state index contributed by atoms with van der Waals surface area (Å²) in [6.07, 6.45) is 6.53. The fraction of sp³-hybridized carbons (Fsp3) is 0. The second-order valence-corrected chi connectivity index (χ2v) is 4.80. The largest absolute Gasteiger partial charge is 0.272 e. The normalized spacial score (nSPS) is 11.6. The molecular formula is C15H12BrN3O. The lowest BCUT2D eigenvalue weighted by atomic mass is 10.2. The summed E-state index contributed by atoms with van der Waals surface area (Å²) in [5, 5.41) is 3.88. The quantitative estimate of drug-likeness (QED) is 0.691. The van der Waals surface area contributed by atoms with Crippen molar-refractivity contribution in [1.82, 2.24) is 10.4 Å². The van der Waals surface area contributed by atoms with Crippen molar-refractivity contribution in [2.45, 2.75) is 0 Å². The molecule has 5 heteroatoms. The van der Waals surface area contributed by atoms with Crippen LogP contribution in [0.3, 0.4) is 0 Å². The minimum absolute atomic E-state index is 0.297. The molecule has 0 atom stereocenters. The SMILES string of the molecule is O=C(N/N=C/C(Br)=C/c1ccccc1)c1cccnc1. The monoisotopic (exact) mass is 329 g/mol. The molecule has 1 aromatic heterocycles. The van der Waals surface area contributed by atoms with E-state index < -0.39 is 0 Å². The smallest absolute Gasteiger partial charge is 0.267 e. The minimum atomic E-state index is -0.297. The maximum absolute atomic E-state index is 11.7. The number of aromatic nitrogens is 1. The van der Waals surface area contributed by atoms with Crippen molar-refractivity contribution in [2.75, 3.05) is 0 Å². The lowest BCUT2D eigenvalue weighted by Crippen LogP contribution is -2.17. The molecule has 100 valence electrons. The van der Waals surface area contributed by atoms with E-state index in [4.69, 9.17) is 0 Å². The van der Waals surface area contributed by atoms with Gasteiger partial charge in [-0.3, -0.25) is 9.78 Å². The van der Waals surface area contributed by atoms with Gasteiger partial charge in [-0.25, -0.2) is 5.43 Å². The van der Waals surface area contributed by atoms with Crippen LogP contribution in [0.25, 0.3) is 6.08 Å². The topological polar surface area (TPSA) is 54.4 Å². The van der Waals surface area contributed by atoms with Gasteiger partial charge in [-0.15, -0.1) is 0 Å². The van der Waals surface area contributed by atoms with Crippen molar-refractivity contribution in [3.8, 4) is 0 Å². The summed E-state index contributed by atoms with van der Waals surface area (Å²) < 4.78 is 0.759. The van der Waals surface area contributed by atoms with E-state index in [1.54, 1.807) is 18.3 Å². The molecule has 0 saturated carbocycles. The molecule has 0 radical (unpaired) electrons. The van der Waals surface area contributed by atoms with Crippen LogP contribution in [0.15, 0.2) is 64.4 Å². The van der Waals surface area contributed by atoms with Gasteiger partial charge >= 0.3 is 0 Å². The molecule has 0 unspecified atom stereocenters. The predicted octanol–water partition coefficient (Wildman–Crippen LogP) is 3.23. The van der Waals surface area contributed by atoms with Gasteiger partial charge in [-0.1, -0.05) is 30.3 Å². The molecule has 0 bridgehead atoms. The molecule has 0 spiro atoms. The van der Waals surface area contributed by atoms with Crippen molar-refractivity contribution in [3.05, 3.63) is 70.5 Å². The van der Waals surface area contributed by atoms with E-state index in [-0.39, 0.29) is 5.91 Å². The Morgan fingerprint density at radius 3 is 2.70 bits per heavy atom. The van der Waals surface area contributed by atoms with E-state index >= 15 is 0 Å². The standard InChI is InChI=1S/C15H12BrN3O/c16-14(9-12-5-2-1-3-6-12)11-18-19-15(20)13-7-4-8-17-10-13/h1-11H,(H,19,20)/b14-9-,18-11+. The Hall–Kier alpha value is -2.27. The molecule has 0 aliphatic carbocycles. The Labute approximate surface area is 125 Å². The molecule has 1 heterocycles. The lowest BCUT2D eigenvalue weighted by Gasteiger charge is -1.98. The number of allylic oxidation sites excluding steroid dienone is 1. The number of rotatable bonds is 4. The molecule has 0 aliphatic heterocycles. The number of carbonyl (C=O) groups is 1. The number of hydrogen-bond donors (Lipinski definition) is 1. The number of amides is 1. The van der Waals surface area contributed by atoms with Crippen molar-refractivity contribution in [1.29, 1.82) is 0 Å². The Morgan fingerprint density at radius 1 is 1.20 bits per heavy atom. The second-order valence-electron chi connectivity index (χ2n) is 3.88. The number of nitrogens with one attached hydrogen (secondary N) is 1. The second kappa shape index (κ2) is 7.35. The van der Waals surface area contributed by atoms with Crippen LogP contribution in [-0.2, 0) is 0 Å². The third-order valence-electron chi connectivity index (χ3n) is 2.38. The van der Waals surface area contributed by atoms with E-state index in [2.05, 4.69) is 31.4 Å². The van der Waals surface area contributed by atoms with Crippen molar-refractivity contribution >= 4 is 34.1 Å². The summed E-state index contributed by atoms with van der Waals surface area (Å²) in [6.45, 7) is 0. The lowest BCUT2D eigenvalue weighted by molar-refractivity contribution is 0.0955. The predicted molar refractivity (Wildman–Crippen MR) is 83.5 cm³/mol. The molecule has 20 heavy (non-hydrogen) atoms. The first-order valence-corrected chi connectivity index (χ1v) is 6.71. The molecule has 4 nitrogen and oxygen atoms in total. The first-order chi connectivity index (χ1) is 9.75. The first-order valence-electron chi connectivity index (χ1n) is 5.91. The molecule has 2 rings (SSSR count). The van der Waals surface area contributed by atoms with E-state index in [1.165, 1.54) is 12.4 Å². The molecule has 0 fully saturated rings. The number of hydrogen-bond acceptors (Lipinski definition) is 3. The Morgan fingerprint density at radius 2 is 2.00 bits per heavy atom. The van der Waals surface area contributed by atoms with Gasteiger partial charge in [0.25, 0.3) is 5.91 Å². The first kappa shape index (κ1) is 14.1. The van der Waals surface area contributed by atoms with Crippen LogP contribution >= 0.6 is 15.9 Å². The van der Waals surface area contributed by atoms with Gasteiger partial charge in [-0.2, -0.15) is 5.10 Å². The van der Waals surface area contributed by atoms with Crippen molar-refractivity contribution in [3.63, 3.8) is 0 Å². The van der Waals surface area contributed by atoms with Crippen LogP contribution in [0, 0.1) is 0 Å².